The number of likely N-dealkylation sites (N-methyl/N-ethyl adjacent to an activating group) is 1. The van der Waals surface area contributed by atoms with Crippen LogP contribution in [0.2, 0.25) is 0 Å². The molecule has 3 rings (SSSR count). The van der Waals surface area contributed by atoms with Crippen LogP contribution in [0.5, 0.6) is 0 Å². The monoisotopic (exact) mass is 366 g/mol. The predicted octanol–water partition coefficient (Wildman–Crippen LogP) is 2.44. The molecule has 0 bridgehead atoms. The summed E-state index contributed by atoms with van der Waals surface area (Å²) < 4.78 is 28.4. The van der Waals surface area contributed by atoms with E-state index in [1.807, 2.05) is 11.8 Å². The van der Waals surface area contributed by atoms with E-state index >= 15 is 0 Å². The molecule has 2 aliphatic carbocycles. The second-order valence-corrected chi connectivity index (χ2v) is 7.28. The zero-order valence-electron chi connectivity index (χ0n) is 14.8. The normalized spacial score (nSPS) is 23.8. The lowest BCUT2D eigenvalue weighted by atomic mass is 9.63. The Morgan fingerprint density at radius 1 is 1.27 bits per heavy atom. The highest BCUT2D eigenvalue weighted by molar-refractivity contribution is 5.89. The largest absolute Gasteiger partial charge is 0.480 e. The van der Waals surface area contributed by atoms with Gasteiger partial charge in [-0.15, -0.1) is 0 Å². The number of rotatable bonds is 7. The molecule has 0 atom stereocenters. The number of nitrogens with one attached hydrogen (secondary N) is 1. The highest BCUT2D eigenvalue weighted by Crippen LogP contribution is 2.46. The summed E-state index contributed by atoms with van der Waals surface area (Å²) in [6, 6.07) is 3.72. The molecule has 2 N–H and O–H groups in total. The van der Waals surface area contributed by atoms with Gasteiger partial charge in [-0.05, 0) is 44.4 Å². The molecule has 2 fully saturated rings. The number of amides is 1. The number of carboxylic acid groups (broad SMARTS) is 1. The summed E-state index contributed by atoms with van der Waals surface area (Å²) >= 11 is 0. The first-order valence-electron chi connectivity index (χ1n) is 9.08. The second-order valence-electron chi connectivity index (χ2n) is 7.28. The molecule has 0 unspecified atom stereocenters. The van der Waals surface area contributed by atoms with E-state index in [0.717, 1.165) is 6.42 Å². The summed E-state index contributed by atoms with van der Waals surface area (Å²) in [5, 5.41) is 11.9. The minimum Gasteiger partial charge on any atom is -0.480 e. The van der Waals surface area contributed by atoms with Crippen molar-refractivity contribution in [3.8, 4) is 0 Å². The van der Waals surface area contributed by atoms with Crippen LogP contribution in [0.25, 0.3) is 0 Å². The Morgan fingerprint density at radius 2 is 1.88 bits per heavy atom. The molecule has 2 saturated carbocycles. The van der Waals surface area contributed by atoms with Gasteiger partial charge in [0.25, 0.3) is 0 Å². The summed E-state index contributed by atoms with van der Waals surface area (Å²) in [6.45, 7) is 2.51. The van der Waals surface area contributed by atoms with Gasteiger partial charge in [0.05, 0.1) is 12.0 Å². The zero-order valence-corrected chi connectivity index (χ0v) is 14.8. The van der Waals surface area contributed by atoms with Gasteiger partial charge in [-0.1, -0.05) is 19.4 Å². The predicted molar refractivity (Wildman–Crippen MR) is 91.7 cm³/mol. The molecule has 0 aliphatic heterocycles. The van der Waals surface area contributed by atoms with Crippen LogP contribution in [-0.2, 0) is 15.0 Å². The average molecular weight is 366 g/mol. The van der Waals surface area contributed by atoms with Gasteiger partial charge in [0.2, 0.25) is 5.91 Å². The molecule has 0 heterocycles. The van der Waals surface area contributed by atoms with Crippen LogP contribution in [-0.4, -0.2) is 47.1 Å². The Morgan fingerprint density at radius 3 is 2.35 bits per heavy atom. The fourth-order valence-corrected chi connectivity index (χ4v) is 4.08. The van der Waals surface area contributed by atoms with Gasteiger partial charge in [-0.25, -0.2) is 8.78 Å². The number of benzene rings is 1. The molecule has 0 radical (unpaired) electrons. The Balaban J connectivity index is 1.64. The van der Waals surface area contributed by atoms with Gasteiger partial charge in [0.1, 0.15) is 11.6 Å². The molecule has 2 aliphatic rings. The molecule has 0 spiro atoms. The standard InChI is InChI=1S/C19H24F2N2O3/c1-2-23(11-16(24)25)13-9-12(10-13)22-18(26)19(7-4-8-19)17-14(20)5-3-6-15(17)21/h3,5-6,12-13H,2,4,7-11H2,1H3,(H,22,26)(H,24,25). The molecular weight excluding hydrogens is 342 g/mol. The quantitative estimate of drug-likeness (QED) is 0.778. The van der Waals surface area contributed by atoms with Crippen molar-refractivity contribution in [1.29, 1.82) is 0 Å². The Hall–Kier alpha value is -2.02. The molecule has 0 saturated heterocycles. The molecule has 0 aromatic heterocycles. The first kappa shape index (κ1) is 18.8. The number of nitrogens with zero attached hydrogens (tertiary/aromatic N) is 1. The van der Waals surface area contributed by atoms with E-state index in [0.29, 0.717) is 32.2 Å². The Bertz CT molecular complexity index is 680. The van der Waals surface area contributed by atoms with E-state index in [1.165, 1.54) is 18.2 Å². The lowest BCUT2D eigenvalue weighted by Gasteiger charge is -2.46. The molecule has 7 heteroatoms. The third-order valence-corrected chi connectivity index (χ3v) is 5.79. The van der Waals surface area contributed by atoms with Crippen molar-refractivity contribution < 1.29 is 23.5 Å². The number of carboxylic acids is 1. The molecule has 142 valence electrons. The zero-order chi connectivity index (χ0) is 18.9. The van der Waals surface area contributed by atoms with Gasteiger partial charge >= 0.3 is 5.97 Å². The summed E-state index contributed by atoms with van der Waals surface area (Å²) in [4.78, 5) is 25.6. The number of halogens is 2. The first-order chi connectivity index (χ1) is 12.4. The first-order valence-corrected chi connectivity index (χ1v) is 9.08. The molecule has 5 nitrogen and oxygen atoms in total. The van der Waals surface area contributed by atoms with Crippen molar-refractivity contribution in [2.45, 2.75) is 56.5 Å². The average Bonchev–Trinajstić information content (AvgIpc) is 2.50. The van der Waals surface area contributed by atoms with E-state index in [2.05, 4.69) is 5.32 Å². The molecular formula is C19H24F2N2O3. The second kappa shape index (κ2) is 7.31. The van der Waals surface area contributed by atoms with Gasteiger partial charge in [-0.2, -0.15) is 0 Å². The van der Waals surface area contributed by atoms with E-state index in [-0.39, 0.29) is 30.1 Å². The Kier molecular flexibility index (Phi) is 5.27. The van der Waals surface area contributed by atoms with Crippen molar-refractivity contribution >= 4 is 11.9 Å². The van der Waals surface area contributed by atoms with Gasteiger partial charge in [0.15, 0.2) is 0 Å². The van der Waals surface area contributed by atoms with E-state index in [4.69, 9.17) is 5.11 Å². The maximum Gasteiger partial charge on any atom is 0.317 e. The van der Waals surface area contributed by atoms with Gasteiger partial charge in [-0.3, -0.25) is 14.5 Å². The maximum atomic E-state index is 14.2. The van der Waals surface area contributed by atoms with Crippen molar-refractivity contribution in [2.24, 2.45) is 0 Å². The van der Waals surface area contributed by atoms with E-state index < -0.39 is 23.0 Å². The highest BCUT2D eigenvalue weighted by atomic mass is 19.1. The smallest absolute Gasteiger partial charge is 0.317 e. The summed E-state index contributed by atoms with van der Waals surface area (Å²) in [7, 11) is 0. The van der Waals surface area contributed by atoms with Crippen LogP contribution in [0.15, 0.2) is 18.2 Å². The Labute approximate surface area is 151 Å². The van der Waals surface area contributed by atoms with Crippen molar-refractivity contribution in [3.63, 3.8) is 0 Å². The number of carbonyl (C=O) groups excluding carboxylic acids is 1. The lowest BCUT2D eigenvalue weighted by Crippen LogP contribution is -2.59. The minimum atomic E-state index is -1.12. The SMILES string of the molecule is CCN(CC(=O)O)C1CC(NC(=O)C2(c3c(F)cccc3F)CCC2)C1. The molecule has 1 amide bonds. The number of aliphatic carboxylic acids is 1. The van der Waals surface area contributed by atoms with Crippen molar-refractivity contribution in [3.05, 3.63) is 35.4 Å². The topological polar surface area (TPSA) is 69.6 Å². The third-order valence-electron chi connectivity index (χ3n) is 5.79. The van der Waals surface area contributed by atoms with Crippen molar-refractivity contribution in [1.82, 2.24) is 10.2 Å². The van der Waals surface area contributed by atoms with E-state index in [9.17, 15) is 18.4 Å². The van der Waals surface area contributed by atoms with Crippen LogP contribution in [0.1, 0.15) is 44.6 Å². The number of hydrogen-bond acceptors (Lipinski definition) is 3. The van der Waals surface area contributed by atoms with Crippen LogP contribution in [0, 0.1) is 11.6 Å². The molecule has 1 aromatic carbocycles. The maximum absolute atomic E-state index is 14.2. The fourth-order valence-electron chi connectivity index (χ4n) is 4.08. The summed E-state index contributed by atoms with van der Waals surface area (Å²) in [5.41, 5.74) is -1.24. The number of carbonyl (C=O) groups is 2. The molecule has 1 aromatic rings. The van der Waals surface area contributed by atoms with Crippen LogP contribution >= 0.6 is 0 Å². The molecule has 26 heavy (non-hydrogen) atoms. The lowest BCUT2D eigenvalue weighted by molar-refractivity contribution is -0.140. The summed E-state index contributed by atoms with van der Waals surface area (Å²) in [6.07, 6.45) is 2.95. The fraction of sp³-hybridized carbons (Fsp3) is 0.579. The number of hydrogen-bond donors (Lipinski definition) is 2. The summed E-state index contributed by atoms with van der Waals surface area (Å²) in [5.74, 6) is -2.55. The van der Waals surface area contributed by atoms with E-state index in [1.54, 1.807) is 0 Å². The highest BCUT2D eigenvalue weighted by Gasteiger charge is 2.50. The third kappa shape index (κ3) is 3.32. The van der Waals surface area contributed by atoms with Crippen LogP contribution in [0.4, 0.5) is 8.78 Å². The van der Waals surface area contributed by atoms with Crippen LogP contribution < -0.4 is 5.32 Å². The van der Waals surface area contributed by atoms with Gasteiger partial charge in [0, 0.05) is 17.6 Å². The van der Waals surface area contributed by atoms with Crippen molar-refractivity contribution in [2.75, 3.05) is 13.1 Å². The van der Waals surface area contributed by atoms with Crippen LogP contribution in [0.3, 0.4) is 0 Å². The van der Waals surface area contributed by atoms with Gasteiger partial charge < -0.3 is 10.4 Å². The minimum absolute atomic E-state index is 0.0216.